The van der Waals surface area contributed by atoms with Crippen molar-refractivity contribution < 1.29 is 23.8 Å². The third-order valence-corrected chi connectivity index (χ3v) is 4.19. The predicted molar refractivity (Wildman–Crippen MR) is 83.0 cm³/mol. The van der Waals surface area contributed by atoms with Gasteiger partial charge in [-0.3, -0.25) is 4.81 Å². The number of halogens is 1. The van der Waals surface area contributed by atoms with Crippen LogP contribution in [0.2, 0.25) is 0 Å². The monoisotopic (exact) mass is 310 g/mol. The van der Waals surface area contributed by atoms with Gasteiger partial charge in [-0.25, -0.2) is 9.28 Å². The summed E-state index contributed by atoms with van der Waals surface area (Å²) in [6.07, 6.45) is 2.26. The van der Waals surface area contributed by atoms with Gasteiger partial charge < -0.3 is 9.76 Å². The van der Waals surface area contributed by atoms with Crippen LogP contribution in [-0.2, 0) is 14.3 Å². The summed E-state index contributed by atoms with van der Waals surface area (Å²) in [5.74, 6) is 0.0811. The van der Waals surface area contributed by atoms with Gasteiger partial charge >= 0.3 is 7.12 Å². The fraction of sp³-hybridized carbons (Fsp3) is 0.625. The molecule has 1 aliphatic carbocycles. The SMILES string of the molecule is CC(C)(O)C(C)(C)OB(OOCC1CC1)c1ccccc1F. The van der Waals surface area contributed by atoms with E-state index < -0.39 is 24.1 Å². The maximum atomic E-state index is 14.0. The molecule has 0 aromatic heterocycles. The normalized spacial score (nSPS) is 15.9. The molecule has 0 heterocycles. The van der Waals surface area contributed by atoms with Gasteiger partial charge in [0.05, 0.1) is 17.8 Å². The predicted octanol–water partition coefficient (Wildman–Crippen LogP) is 2.45. The molecular formula is C16H24BFO4. The standard InChI is InChI=1S/C16H24BFO4/c1-15(2,19)16(3,4)21-17(22-20-11-12-9-10-12)13-7-5-6-8-14(13)18/h5-8,12,19H,9-11H2,1-4H3. The highest BCUT2D eigenvalue weighted by molar-refractivity contribution is 6.61. The van der Waals surface area contributed by atoms with E-state index in [0.717, 1.165) is 12.8 Å². The van der Waals surface area contributed by atoms with Crippen molar-refractivity contribution in [2.24, 2.45) is 5.92 Å². The number of hydrogen-bond acceptors (Lipinski definition) is 4. The molecule has 122 valence electrons. The highest BCUT2D eigenvalue weighted by Gasteiger charge is 2.42. The molecule has 0 unspecified atom stereocenters. The molecule has 1 saturated carbocycles. The van der Waals surface area contributed by atoms with Crippen molar-refractivity contribution in [2.75, 3.05) is 6.61 Å². The minimum atomic E-state index is -1.13. The van der Waals surface area contributed by atoms with Gasteiger partial charge in [0, 0.05) is 5.46 Å². The Kier molecular flexibility index (Phi) is 5.27. The second-order valence-electron chi connectivity index (χ2n) is 6.86. The van der Waals surface area contributed by atoms with Gasteiger partial charge in [-0.1, -0.05) is 18.2 Å². The third-order valence-electron chi connectivity index (χ3n) is 4.19. The van der Waals surface area contributed by atoms with E-state index in [-0.39, 0.29) is 5.46 Å². The minimum Gasteiger partial charge on any atom is -0.398 e. The van der Waals surface area contributed by atoms with Crippen LogP contribution in [0.3, 0.4) is 0 Å². The van der Waals surface area contributed by atoms with Gasteiger partial charge in [0.15, 0.2) is 0 Å². The molecule has 1 N–H and O–H groups in total. The Labute approximate surface area is 131 Å². The lowest BCUT2D eigenvalue weighted by Crippen LogP contribution is -2.54. The maximum Gasteiger partial charge on any atom is 0.529 e. The Morgan fingerprint density at radius 1 is 1.23 bits per heavy atom. The van der Waals surface area contributed by atoms with Crippen molar-refractivity contribution in [1.29, 1.82) is 0 Å². The Bertz CT molecular complexity index is 497. The number of hydrogen-bond donors (Lipinski definition) is 1. The molecular weight excluding hydrogens is 286 g/mol. The average Bonchev–Trinajstić information content (AvgIpc) is 3.21. The fourth-order valence-corrected chi connectivity index (χ4v) is 1.69. The van der Waals surface area contributed by atoms with Crippen LogP contribution in [0.4, 0.5) is 4.39 Å². The van der Waals surface area contributed by atoms with Crippen LogP contribution in [0, 0.1) is 11.7 Å². The van der Waals surface area contributed by atoms with Gasteiger partial charge in [-0.2, -0.15) is 0 Å². The van der Waals surface area contributed by atoms with Crippen molar-refractivity contribution in [1.82, 2.24) is 0 Å². The van der Waals surface area contributed by atoms with Crippen LogP contribution in [-0.4, -0.2) is 30.0 Å². The van der Waals surface area contributed by atoms with Crippen LogP contribution in [0.1, 0.15) is 40.5 Å². The fourth-order valence-electron chi connectivity index (χ4n) is 1.69. The Morgan fingerprint density at radius 2 is 1.86 bits per heavy atom. The summed E-state index contributed by atoms with van der Waals surface area (Å²) in [6.45, 7) is 7.19. The first-order valence-corrected chi connectivity index (χ1v) is 7.63. The zero-order chi connectivity index (χ0) is 16.4. The number of rotatable bonds is 8. The molecule has 1 fully saturated rings. The molecule has 22 heavy (non-hydrogen) atoms. The van der Waals surface area contributed by atoms with Gasteiger partial charge in [-0.05, 0) is 52.5 Å². The maximum absolute atomic E-state index is 14.0. The number of benzene rings is 1. The summed E-state index contributed by atoms with van der Waals surface area (Å²) < 4.78 is 19.9. The van der Waals surface area contributed by atoms with Crippen molar-refractivity contribution in [3.05, 3.63) is 30.1 Å². The Hall–Kier alpha value is -0.945. The molecule has 6 heteroatoms. The van der Waals surface area contributed by atoms with Gasteiger partial charge in [0.2, 0.25) is 0 Å². The molecule has 0 amide bonds. The summed E-state index contributed by atoms with van der Waals surface area (Å²) in [4.78, 5) is 10.5. The summed E-state index contributed by atoms with van der Waals surface area (Å²) >= 11 is 0. The first kappa shape index (κ1) is 17.4. The first-order valence-electron chi connectivity index (χ1n) is 7.63. The minimum absolute atomic E-state index is 0.246. The van der Waals surface area contributed by atoms with Crippen molar-refractivity contribution >= 4 is 12.6 Å². The Morgan fingerprint density at radius 3 is 2.41 bits per heavy atom. The van der Waals surface area contributed by atoms with Crippen LogP contribution >= 0.6 is 0 Å². The van der Waals surface area contributed by atoms with Gasteiger partial charge in [0.1, 0.15) is 5.82 Å². The van der Waals surface area contributed by atoms with E-state index in [1.54, 1.807) is 45.9 Å². The second kappa shape index (κ2) is 6.66. The van der Waals surface area contributed by atoms with E-state index >= 15 is 0 Å². The first-order chi connectivity index (χ1) is 10.2. The molecule has 0 atom stereocenters. The highest BCUT2D eigenvalue weighted by atomic mass is 19.1. The molecule has 1 aliphatic rings. The lowest BCUT2D eigenvalue weighted by molar-refractivity contribution is -0.236. The molecule has 0 bridgehead atoms. The second-order valence-corrected chi connectivity index (χ2v) is 6.86. The van der Waals surface area contributed by atoms with E-state index in [1.165, 1.54) is 6.07 Å². The highest BCUT2D eigenvalue weighted by Crippen LogP contribution is 2.29. The summed E-state index contributed by atoms with van der Waals surface area (Å²) in [5, 5.41) is 10.2. The van der Waals surface area contributed by atoms with Crippen molar-refractivity contribution in [3.8, 4) is 0 Å². The lowest BCUT2D eigenvalue weighted by atomic mass is 9.76. The molecule has 0 spiro atoms. The molecule has 1 aromatic rings. The van der Waals surface area contributed by atoms with E-state index in [2.05, 4.69) is 0 Å². The van der Waals surface area contributed by atoms with Crippen molar-refractivity contribution in [2.45, 2.75) is 51.7 Å². The molecule has 0 radical (unpaired) electrons. The molecule has 0 saturated heterocycles. The third kappa shape index (κ3) is 4.52. The van der Waals surface area contributed by atoms with Gasteiger partial charge in [0.25, 0.3) is 0 Å². The lowest BCUT2D eigenvalue weighted by Gasteiger charge is -2.39. The van der Waals surface area contributed by atoms with Crippen LogP contribution in [0.5, 0.6) is 0 Å². The molecule has 4 nitrogen and oxygen atoms in total. The smallest absolute Gasteiger partial charge is 0.398 e. The Balaban J connectivity index is 2.11. The van der Waals surface area contributed by atoms with E-state index in [0.29, 0.717) is 12.5 Å². The van der Waals surface area contributed by atoms with E-state index in [9.17, 15) is 9.50 Å². The molecule has 1 aromatic carbocycles. The topological polar surface area (TPSA) is 47.9 Å². The largest absolute Gasteiger partial charge is 0.529 e. The van der Waals surface area contributed by atoms with Crippen molar-refractivity contribution in [3.63, 3.8) is 0 Å². The van der Waals surface area contributed by atoms with E-state index in [1.807, 2.05) is 0 Å². The van der Waals surface area contributed by atoms with Crippen LogP contribution in [0.25, 0.3) is 0 Å². The molecule has 0 aliphatic heterocycles. The van der Waals surface area contributed by atoms with E-state index in [4.69, 9.17) is 14.3 Å². The van der Waals surface area contributed by atoms with Crippen LogP contribution in [0.15, 0.2) is 24.3 Å². The number of aliphatic hydroxyl groups is 1. The zero-order valence-corrected chi connectivity index (χ0v) is 13.6. The summed E-state index contributed by atoms with van der Waals surface area (Å²) in [7, 11) is -1.04. The quantitative estimate of drug-likeness (QED) is 0.455. The zero-order valence-electron chi connectivity index (χ0n) is 13.6. The average molecular weight is 310 g/mol. The summed E-state index contributed by atoms with van der Waals surface area (Å²) in [6, 6.07) is 6.23. The van der Waals surface area contributed by atoms with Gasteiger partial charge in [-0.15, -0.1) is 0 Å². The summed E-state index contributed by atoms with van der Waals surface area (Å²) in [5.41, 5.74) is -1.84. The van der Waals surface area contributed by atoms with Crippen LogP contribution < -0.4 is 5.46 Å². The molecule has 2 rings (SSSR count).